The van der Waals surface area contributed by atoms with Crippen molar-refractivity contribution in [3.63, 3.8) is 0 Å². The highest BCUT2D eigenvalue weighted by Gasteiger charge is 2.53. The van der Waals surface area contributed by atoms with Crippen LogP contribution in [0.4, 0.5) is 0 Å². The Bertz CT molecular complexity index is 2040. The molecule has 3 aliphatic rings. The minimum absolute atomic E-state index is 0.224. The topological polar surface area (TPSA) is 307 Å². The Hall–Kier alpha value is -3.29. The summed E-state index contributed by atoms with van der Waals surface area (Å²) in [7, 11) is 0. The lowest BCUT2D eigenvalue weighted by Gasteiger charge is -2.48. The van der Waals surface area contributed by atoms with Gasteiger partial charge in [0.1, 0.15) is 73.2 Å². The number of carbonyl (C=O) groups excluding carboxylic acids is 1. The maximum atomic E-state index is 13.4. The van der Waals surface area contributed by atoms with Gasteiger partial charge in [-0.25, -0.2) is 0 Å². The van der Waals surface area contributed by atoms with Crippen LogP contribution in [0.2, 0.25) is 0 Å². The highest BCUT2D eigenvalue weighted by molar-refractivity contribution is 5.76. The van der Waals surface area contributed by atoms with Gasteiger partial charge in [-0.1, -0.05) is 239 Å². The average Bonchev–Trinajstić information content (AvgIpc) is 0.834. The number of aliphatic hydroxyl groups is 11. The third-order valence-corrected chi connectivity index (χ3v) is 17.1. The van der Waals surface area contributed by atoms with Gasteiger partial charge >= 0.3 is 0 Å². The Labute approximate surface area is 552 Å². The number of allylic oxidation sites excluding steroid dienone is 15. The number of amides is 1. The van der Waals surface area contributed by atoms with Crippen LogP contribution >= 0.6 is 0 Å². The first-order valence-electron chi connectivity index (χ1n) is 35.5. The fraction of sp³-hybridized carbons (Fsp3) is 0.767. The molecule has 17 unspecified atom stereocenters. The summed E-state index contributed by atoms with van der Waals surface area (Å²) in [5.41, 5.74) is 0. The number of rotatable bonds is 53. The van der Waals surface area contributed by atoms with Gasteiger partial charge in [-0.3, -0.25) is 4.79 Å². The Balaban J connectivity index is 1.43. The molecule has 17 atom stereocenters. The van der Waals surface area contributed by atoms with Crippen LogP contribution in [-0.4, -0.2) is 193 Å². The van der Waals surface area contributed by atoms with E-state index in [1.165, 1.54) is 83.5 Å². The minimum atomic E-state index is -1.98. The molecule has 0 aliphatic carbocycles. The minimum Gasteiger partial charge on any atom is -0.394 e. The van der Waals surface area contributed by atoms with Gasteiger partial charge in [-0.2, -0.15) is 0 Å². The largest absolute Gasteiger partial charge is 0.394 e. The molecule has 3 fully saturated rings. The van der Waals surface area contributed by atoms with Gasteiger partial charge in [-0.15, -0.1) is 0 Å². The average molecular weight is 1300 g/mol. The van der Waals surface area contributed by atoms with E-state index in [2.05, 4.69) is 104 Å². The van der Waals surface area contributed by atoms with E-state index < -0.39 is 124 Å². The van der Waals surface area contributed by atoms with E-state index in [1.54, 1.807) is 6.08 Å². The van der Waals surface area contributed by atoms with Crippen molar-refractivity contribution >= 4 is 5.91 Å². The second-order valence-corrected chi connectivity index (χ2v) is 25.0. The van der Waals surface area contributed by atoms with Crippen molar-refractivity contribution in [2.45, 2.75) is 330 Å². The number of unbranched alkanes of at least 4 members (excludes halogenated alkanes) is 23. The Morgan fingerprint density at radius 3 is 1.17 bits per heavy atom. The third kappa shape index (κ3) is 35.1. The van der Waals surface area contributed by atoms with Crippen molar-refractivity contribution in [2.24, 2.45) is 0 Å². The van der Waals surface area contributed by atoms with E-state index in [-0.39, 0.29) is 18.9 Å². The van der Waals surface area contributed by atoms with E-state index >= 15 is 0 Å². The van der Waals surface area contributed by atoms with E-state index in [9.17, 15) is 61.0 Å². The zero-order chi connectivity index (χ0) is 66.8. The van der Waals surface area contributed by atoms with Crippen LogP contribution in [0.25, 0.3) is 0 Å². The smallest absolute Gasteiger partial charge is 0.220 e. The van der Waals surface area contributed by atoms with Gasteiger partial charge in [-0.05, 0) is 77.0 Å². The summed E-state index contributed by atoms with van der Waals surface area (Å²) in [6.45, 7) is 1.61. The molecule has 0 bridgehead atoms. The van der Waals surface area contributed by atoms with Gasteiger partial charge in [0.15, 0.2) is 18.9 Å². The van der Waals surface area contributed by atoms with Gasteiger partial charge in [0.2, 0.25) is 5.91 Å². The molecule has 3 heterocycles. The molecule has 0 radical (unpaired) electrons. The molecule has 1 amide bonds. The number of hydrogen-bond acceptors (Lipinski definition) is 18. The molecular formula is C73H125NO18. The molecule has 3 saturated heterocycles. The molecular weight excluding hydrogens is 1180 g/mol. The van der Waals surface area contributed by atoms with Crippen LogP contribution in [0.5, 0.6) is 0 Å². The SMILES string of the molecule is CC/C=C\C/C=C\C/C=C\C/C=C\C/C=C\C/C=C\C/C=C\CCCCCCCCCC(=O)NC(COC1OC(CO)C(OC2OC(CO)C(OC3OC(CO)C(O)C(O)C3O)C(O)C2O)C(O)C1O)C(O)/C=C/CCCCCCCCCCCCCCCCCC. The molecule has 530 valence electrons. The number of nitrogens with one attached hydrogen (secondary N) is 1. The molecule has 0 aromatic carbocycles. The summed E-state index contributed by atoms with van der Waals surface area (Å²) in [6, 6.07) is -0.987. The summed E-state index contributed by atoms with van der Waals surface area (Å²) >= 11 is 0. The molecule has 19 heteroatoms. The first-order chi connectivity index (χ1) is 44.8. The Morgan fingerprint density at radius 2 is 0.750 bits per heavy atom. The second kappa shape index (κ2) is 53.8. The summed E-state index contributed by atoms with van der Waals surface area (Å²) < 4.78 is 34.4. The van der Waals surface area contributed by atoms with Crippen molar-refractivity contribution in [1.29, 1.82) is 0 Å². The molecule has 0 spiro atoms. The van der Waals surface area contributed by atoms with Crippen molar-refractivity contribution in [3.8, 4) is 0 Å². The second-order valence-electron chi connectivity index (χ2n) is 25.0. The lowest BCUT2D eigenvalue weighted by molar-refractivity contribution is -0.379. The van der Waals surface area contributed by atoms with Crippen LogP contribution in [0.15, 0.2) is 97.2 Å². The quantitative estimate of drug-likeness (QED) is 0.0199. The zero-order valence-electron chi connectivity index (χ0n) is 56.0. The van der Waals surface area contributed by atoms with Crippen LogP contribution in [0.3, 0.4) is 0 Å². The number of aliphatic hydroxyl groups excluding tert-OH is 11. The number of ether oxygens (including phenoxy) is 6. The van der Waals surface area contributed by atoms with Crippen LogP contribution in [0.1, 0.15) is 226 Å². The number of carbonyl (C=O) groups is 1. The van der Waals surface area contributed by atoms with E-state index in [0.29, 0.717) is 6.42 Å². The predicted molar refractivity (Wildman–Crippen MR) is 360 cm³/mol. The van der Waals surface area contributed by atoms with Crippen molar-refractivity contribution in [2.75, 3.05) is 26.4 Å². The summed E-state index contributed by atoms with van der Waals surface area (Å²) in [5, 5.41) is 121. The van der Waals surface area contributed by atoms with Crippen molar-refractivity contribution in [3.05, 3.63) is 97.2 Å². The maximum Gasteiger partial charge on any atom is 0.220 e. The highest BCUT2D eigenvalue weighted by atomic mass is 16.8. The molecule has 0 aromatic heterocycles. The van der Waals surface area contributed by atoms with E-state index in [0.717, 1.165) is 116 Å². The first-order valence-corrected chi connectivity index (χ1v) is 35.5. The van der Waals surface area contributed by atoms with Crippen LogP contribution in [0, 0.1) is 0 Å². The third-order valence-electron chi connectivity index (χ3n) is 17.1. The highest BCUT2D eigenvalue weighted by Crippen LogP contribution is 2.33. The fourth-order valence-corrected chi connectivity index (χ4v) is 11.4. The normalized spacial score (nSPS) is 28.3. The lowest BCUT2D eigenvalue weighted by Crippen LogP contribution is -2.66. The fourth-order valence-electron chi connectivity index (χ4n) is 11.4. The van der Waals surface area contributed by atoms with Crippen LogP contribution < -0.4 is 5.32 Å². The Kier molecular flexibility index (Phi) is 48.5. The molecule has 0 aromatic rings. The van der Waals surface area contributed by atoms with Gasteiger partial charge in [0.05, 0.1) is 38.6 Å². The standard InChI is InChI=1S/C73H125NO18/c1-3-5-7-9-11-13-15-17-19-21-23-24-25-26-27-28-29-30-31-32-33-35-37-39-41-43-45-47-49-51-61(79)74-56(57(78)50-48-46-44-42-40-38-36-34-22-20-18-16-14-12-10-8-6-4-2)55-87-71-67(85)64(82)69(59(53-76)89-71)92-73-68(86)65(83)70(60(54-77)90-73)91-72-66(84)63(81)62(80)58(52-75)88-72/h5,7,11,13,17,19,23-24,26-27,29-30,32-33,48,50,56-60,62-73,75-78,80-86H,3-4,6,8-10,12,14-16,18,20-22,25,28,31,34-47,49,51-55H2,1-2H3,(H,74,79)/b7-5-,13-11-,19-17-,24-23-,27-26-,30-29-,33-32-,50-48+. The van der Waals surface area contributed by atoms with Crippen LogP contribution in [-0.2, 0) is 33.2 Å². The predicted octanol–water partition coefficient (Wildman–Crippen LogP) is 9.66. The molecule has 0 saturated carbocycles. The molecule has 12 N–H and O–H groups in total. The zero-order valence-corrected chi connectivity index (χ0v) is 56.0. The summed E-state index contributed by atoms with van der Waals surface area (Å²) in [5.74, 6) is -0.290. The molecule has 92 heavy (non-hydrogen) atoms. The van der Waals surface area contributed by atoms with Gasteiger partial charge in [0, 0.05) is 6.42 Å². The maximum absolute atomic E-state index is 13.4. The molecule has 3 rings (SSSR count). The summed E-state index contributed by atoms with van der Waals surface area (Å²) in [4.78, 5) is 13.4. The van der Waals surface area contributed by atoms with Gasteiger partial charge < -0.3 is 89.9 Å². The molecule has 3 aliphatic heterocycles. The van der Waals surface area contributed by atoms with E-state index in [1.807, 2.05) is 6.08 Å². The van der Waals surface area contributed by atoms with E-state index in [4.69, 9.17) is 28.4 Å². The van der Waals surface area contributed by atoms with Crippen molar-refractivity contribution < 1.29 is 89.4 Å². The Morgan fingerprint density at radius 1 is 0.402 bits per heavy atom. The number of hydrogen-bond donors (Lipinski definition) is 12. The molecule has 19 nitrogen and oxygen atoms in total. The lowest BCUT2D eigenvalue weighted by atomic mass is 9.96. The van der Waals surface area contributed by atoms with Crippen molar-refractivity contribution in [1.82, 2.24) is 5.32 Å². The van der Waals surface area contributed by atoms with Gasteiger partial charge in [0.25, 0.3) is 0 Å². The first kappa shape index (κ1) is 82.9. The summed E-state index contributed by atoms with van der Waals surface area (Å²) in [6.07, 6.45) is 43.7. The monoisotopic (exact) mass is 1300 g/mol.